The van der Waals surface area contributed by atoms with Crippen molar-refractivity contribution in [1.29, 1.82) is 0 Å². The van der Waals surface area contributed by atoms with Gasteiger partial charge in [0.05, 0.1) is 5.75 Å². The Kier molecular flexibility index (Phi) is 5.40. The number of rotatable bonds is 7. The monoisotopic (exact) mass is 221 g/mol. The lowest BCUT2D eigenvalue weighted by atomic mass is 10.2. The normalized spacial score (nSPS) is 13.5. The van der Waals surface area contributed by atoms with Crippen LogP contribution in [0.5, 0.6) is 0 Å². The lowest BCUT2D eigenvalue weighted by molar-refractivity contribution is -0.139. The van der Waals surface area contributed by atoms with Crippen molar-refractivity contribution >= 4 is 16.0 Å². The second-order valence-corrected chi connectivity index (χ2v) is 4.67. The highest BCUT2D eigenvalue weighted by atomic mass is 32.2. The molecule has 0 radical (unpaired) electrons. The van der Waals surface area contributed by atoms with Crippen molar-refractivity contribution in [2.75, 3.05) is 5.75 Å². The number of carbonyl (C=O) groups is 1. The average Bonchev–Trinajstić information content (AvgIpc) is 2.02. The van der Waals surface area contributed by atoms with Gasteiger partial charge in [-0.3, -0.25) is 4.79 Å². The van der Waals surface area contributed by atoms with Crippen LogP contribution >= 0.6 is 0 Å². The van der Waals surface area contributed by atoms with E-state index in [4.69, 9.17) is 5.11 Å². The van der Waals surface area contributed by atoms with E-state index in [9.17, 15) is 13.2 Å². The van der Waals surface area contributed by atoms with Crippen LogP contribution in [0.3, 0.4) is 0 Å². The Labute approximate surface area is 83.9 Å². The highest BCUT2D eigenvalue weighted by molar-refractivity contribution is 7.89. The first-order chi connectivity index (χ1) is 6.43. The molecular weight excluding hydrogens is 206 g/mol. The number of nitrogens with one attached hydrogen (secondary N) is 1. The fourth-order valence-corrected chi connectivity index (χ4v) is 2.00. The fourth-order valence-electron chi connectivity index (χ4n) is 0.941. The maximum absolute atomic E-state index is 11.2. The van der Waals surface area contributed by atoms with Crippen LogP contribution in [0.4, 0.5) is 0 Å². The molecule has 0 aromatic carbocycles. The zero-order valence-corrected chi connectivity index (χ0v) is 8.88. The summed E-state index contributed by atoms with van der Waals surface area (Å²) in [6, 6.07) is -1.04. The molecule has 14 heavy (non-hydrogen) atoms. The molecule has 0 aliphatic rings. The van der Waals surface area contributed by atoms with Gasteiger partial charge in [0, 0.05) is 0 Å². The minimum atomic E-state index is -3.55. The molecule has 0 amide bonds. The van der Waals surface area contributed by atoms with Crippen LogP contribution < -0.4 is 4.72 Å². The zero-order chi connectivity index (χ0) is 11.2. The van der Waals surface area contributed by atoms with Crippen LogP contribution in [0.2, 0.25) is 0 Å². The summed E-state index contributed by atoms with van der Waals surface area (Å²) in [5, 5.41) is 8.68. The summed E-state index contributed by atoms with van der Waals surface area (Å²) in [5.41, 5.74) is 0. The molecule has 0 saturated heterocycles. The summed E-state index contributed by atoms with van der Waals surface area (Å²) in [4.78, 5) is 10.6. The Morgan fingerprint density at radius 3 is 2.57 bits per heavy atom. The molecular formula is C8H15NO4S. The average molecular weight is 221 g/mol. The fraction of sp³-hybridized carbons (Fsp3) is 0.625. The van der Waals surface area contributed by atoms with Gasteiger partial charge < -0.3 is 5.11 Å². The maximum atomic E-state index is 11.2. The van der Waals surface area contributed by atoms with Crippen molar-refractivity contribution in [1.82, 2.24) is 4.72 Å². The molecule has 0 fully saturated rings. The summed E-state index contributed by atoms with van der Waals surface area (Å²) >= 11 is 0. The molecule has 0 heterocycles. The van der Waals surface area contributed by atoms with E-state index in [1.54, 1.807) is 6.92 Å². The highest BCUT2D eigenvalue weighted by Crippen LogP contribution is 1.99. The molecule has 2 N–H and O–H groups in total. The van der Waals surface area contributed by atoms with Crippen LogP contribution in [-0.4, -0.2) is 31.3 Å². The summed E-state index contributed by atoms with van der Waals surface area (Å²) in [6.45, 7) is 5.07. The van der Waals surface area contributed by atoms with Crippen molar-refractivity contribution in [2.24, 2.45) is 0 Å². The van der Waals surface area contributed by atoms with E-state index in [-0.39, 0.29) is 12.2 Å². The van der Waals surface area contributed by atoms with Crippen LogP contribution in [0.25, 0.3) is 0 Å². The van der Waals surface area contributed by atoms with Crippen LogP contribution in [0.1, 0.15) is 19.8 Å². The molecule has 6 heteroatoms. The van der Waals surface area contributed by atoms with E-state index in [2.05, 4.69) is 11.3 Å². The van der Waals surface area contributed by atoms with Crippen LogP contribution in [0.15, 0.2) is 12.7 Å². The molecule has 0 aromatic heterocycles. The van der Waals surface area contributed by atoms with Crippen molar-refractivity contribution in [3.05, 3.63) is 12.7 Å². The molecule has 0 saturated carbocycles. The standard InChI is InChI=1S/C8H15NO4S/c1-3-5-7(8(10)11)9-14(12,13)6-4-2/h4,7,9H,2-3,5-6H2,1H3,(H,10,11)/t7-/m1/s1. The minimum absolute atomic E-state index is 0.263. The molecule has 0 rings (SSSR count). The first-order valence-electron chi connectivity index (χ1n) is 4.26. The topological polar surface area (TPSA) is 83.5 Å². The van der Waals surface area contributed by atoms with E-state index in [0.29, 0.717) is 6.42 Å². The second-order valence-electron chi connectivity index (χ2n) is 2.87. The van der Waals surface area contributed by atoms with Gasteiger partial charge in [0.2, 0.25) is 10.0 Å². The predicted molar refractivity (Wildman–Crippen MR) is 53.5 cm³/mol. The van der Waals surface area contributed by atoms with E-state index in [1.165, 1.54) is 6.08 Å². The molecule has 0 bridgehead atoms. The molecule has 1 atom stereocenters. The van der Waals surface area contributed by atoms with Gasteiger partial charge in [-0.2, -0.15) is 0 Å². The largest absolute Gasteiger partial charge is 0.480 e. The Morgan fingerprint density at radius 2 is 2.21 bits per heavy atom. The second kappa shape index (κ2) is 5.77. The van der Waals surface area contributed by atoms with Gasteiger partial charge in [0.15, 0.2) is 0 Å². The zero-order valence-electron chi connectivity index (χ0n) is 8.06. The van der Waals surface area contributed by atoms with Gasteiger partial charge in [-0.25, -0.2) is 13.1 Å². The minimum Gasteiger partial charge on any atom is -0.480 e. The summed E-state index contributed by atoms with van der Waals surface area (Å²) in [5.74, 6) is -1.42. The van der Waals surface area contributed by atoms with E-state index in [0.717, 1.165) is 0 Å². The van der Waals surface area contributed by atoms with Gasteiger partial charge in [-0.15, -0.1) is 6.58 Å². The van der Waals surface area contributed by atoms with Gasteiger partial charge in [-0.1, -0.05) is 19.4 Å². The maximum Gasteiger partial charge on any atom is 0.321 e. The quantitative estimate of drug-likeness (QED) is 0.607. The highest BCUT2D eigenvalue weighted by Gasteiger charge is 2.21. The van der Waals surface area contributed by atoms with Crippen molar-refractivity contribution < 1.29 is 18.3 Å². The van der Waals surface area contributed by atoms with E-state index in [1.807, 2.05) is 0 Å². The van der Waals surface area contributed by atoms with Gasteiger partial charge in [0.1, 0.15) is 6.04 Å². The van der Waals surface area contributed by atoms with Crippen molar-refractivity contribution in [3.63, 3.8) is 0 Å². The number of carboxylic acids is 1. The first kappa shape index (κ1) is 13.1. The molecule has 5 nitrogen and oxygen atoms in total. The predicted octanol–water partition coefficient (Wildman–Crippen LogP) is 0.345. The number of carboxylic acid groups (broad SMARTS) is 1. The number of hydrogen-bond acceptors (Lipinski definition) is 3. The van der Waals surface area contributed by atoms with Crippen LogP contribution in [0, 0.1) is 0 Å². The molecule has 0 unspecified atom stereocenters. The third kappa shape index (κ3) is 4.98. The molecule has 0 spiro atoms. The SMILES string of the molecule is C=CCS(=O)(=O)N[C@H](CCC)C(=O)O. The number of sulfonamides is 1. The molecule has 82 valence electrons. The first-order valence-corrected chi connectivity index (χ1v) is 5.92. The van der Waals surface area contributed by atoms with Crippen molar-refractivity contribution in [3.8, 4) is 0 Å². The van der Waals surface area contributed by atoms with E-state index >= 15 is 0 Å². The van der Waals surface area contributed by atoms with E-state index < -0.39 is 22.0 Å². The van der Waals surface area contributed by atoms with Crippen LogP contribution in [-0.2, 0) is 14.8 Å². The molecule has 0 aromatic rings. The molecule has 0 aliphatic carbocycles. The lowest BCUT2D eigenvalue weighted by Crippen LogP contribution is -2.41. The van der Waals surface area contributed by atoms with Crippen molar-refractivity contribution in [2.45, 2.75) is 25.8 Å². The Balaban J connectivity index is 4.43. The third-order valence-corrected chi connectivity index (χ3v) is 2.85. The number of aliphatic carboxylic acids is 1. The van der Waals surface area contributed by atoms with Gasteiger partial charge >= 0.3 is 5.97 Å². The van der Waals surface area contributed by atoms with Gasteiger partial charge in [-0.05, 0) is 6.42 Å². The van der Waals surface area contributed by atoms with Gasteiger partial charge in [0.25, 0.3) is 0 Å². The molecule has 0 aliphatic heterocycles. The third-order valence-electron chi connectivity index (χ3n) is 1.53. The number of hydrogen-bond donors (Lipinski definition) is 2. The Hall–Kier alpha value is -0.880. The summed E-state index contributed by atoms with van der Waals surface area (Å²) in [7, 11) is -3.55. The summed E-state index contributed by atoms with van der Waals surface area (Å²) < 4.78 is 24.4. The Bertz CT molecular complexity index is 296. The smallest absolute Gasteiger partial charge is 0.321 e. The lowest BCUT2D eigenvalue weighted by Gasteiger charge is -2.12. The summed E-state index contributed by atoms with van der Waals surface area (Å²) in [6.07, 6.45) is 2.10. The Morgan fingerprint density at radius 1 is 1.64 bits per heavy atom.